The average Bonchev–Trinajstić information content (AvgIpc) is 3.11. The number of ether oxygens (including phenoxy) is 1. The van der Waals surface area contributed by atoms with Crippen LogP contribution in [0.1, 0.15) is 19.3 Å². The maximum absolute atomic E-state index is 12.3. The summed E-state index contributed by atoms with van der Waals surface area (Å²) >= 11 is 5.76. The molecule has 0 radical (unpaired) electrons. The first-order valence-corrected chi connectivity index (χ1v) is 8.43. The lowest BCUT2D eigenvalue weighted by atomic mass is 9.98. The minimum Gasteiger partial charge on any atom is -0.486 e. The third-order valence-corrected chi connectivity index (χ3v) is 5.19. The zero-order valence-electron chi connectivity index (χ0n) is 13.6. The van der Waals surface area contributed by atoms with Crippen LogP contribution >= 0.6 is 24.0 Å². The molecule has 0 aromatic heterocycles. The second kappa shape index (κ2) is 8.21. The largest absolute Gasteiger partial charge is 0.486 e. The van der Waals surface area contributed by atoms with Gasteiger partial charge in [-0.3, -0.25) is 14.9 Å². The van der Waals surface area contributed by atoms with Gasteiger partial charge in [-0.2, -0.15) is 0 Å². The molecule has 1 heterocycles. The van der Waals surface area contributed by atoms with E-state index in [1.54, 1.807) is 0 Å². The van der Waals surface area contributed by atoms with Gasteiger partial charge in [-0.25, -0.2) is 0 Å². The van der Waals surface area contributed by atoms with Crippen LogP contribution in [0.25, 0.3) is 0 Å². The minimum absolute atomic E-state index is 0. The molecular formula is C16H21Cl2N3O4. The fourth-order valence-corrected chi connectivity index (χ4v) is 3.84. The number of hydrogen-bond acceptors (Lipinski definition) is 5. The Morgan fingerprint density at radius 1 is 1.40 bits per heavy atom. The molecule has 3 unspecified atom stereocenters. The molecule has 3 atom stereocenters. The summed E-state index contributed by atoms with van der Waals surface area (Å²) in [5.41, 5.74) is 5.88. The summed E-state index contributed by atoms with van der Waals surface area (Å²) in [5.74, 6) is 1.06. The second-order valence-electron chi connectivity index (χ2n) is 6.43. The predicted octanol–water partition coefficient (Wildman–Crippen LogP) is 2.63. The van der Waals surface area contributed by atoms with Crippen molar-refractivity contribution < 1.29 is 14.5 Å². The number of fused-ring (bicyclic) bond motifs is 1. The number of benzene rings is 1. The first-order chi connectivity index (χ1) is 11.5. The maximum Gasteiger partial charge on any atom is 0.312 e. The van der Waals surface area contributed by atoms with Gasteiger partial charge in [0.15, 0.2) is 5.75 Å². The summed E-state index contributed by atoms with van der Waals surface area (Å²) in [6.07, 6.45) is 2.32. The van der Waals surface area contributed by atoms with Crippen LogP contribution in [0.5, 0.6) is 5.75 Å². The normalized spacial score (nSPS) is 24.6. The van der Waals surface area contributed by atoms with Gasteiger partial charge in [0.2, 0.25) is 5.91 Å². The van der Waals surface area contributed by atoms with Gasteiger partial charge in [0.05, 0.1) is 18.0 Å². The third-order valence-electron chi connectivity index (χ3n) is 4.96. The summed E-state index contributed by atoms with van der Waals surface area (Å²) < 4.78 is 5.43. The van der Waals surface area contributed by atoms with Crippen molar-refractivity contribution in [1.82, 2.24) is 4.90 Å². The summed E-state index contributed by atoms with van der Waals surface area (Å²) in [6, 6.07) is 4.40. The van der Waals surface area contributed by atoms with Crippen molar-refractivity contribution in [2.45, 2.75) is 25.3 Å². The number of likely N-dealkylation sites (tertiary alicyclic amines) is 1. The van der Waals surface area contributed by atoms with Crippen molar-refractivity contribution in [2.75, 3.05) is 19.7 Å². The highest BCUT2D eigenvalue weighted by Gasteiger charge is 2.42. The Kier molecular flexibility index (Phi) is 6.48. The summed E-state index contributed by atoms with van der Waals surface area (Å²) in [7, 11) is 0. The molecule has 1 amide bonds. The Morgan fingerprint density at radius 2 is 2.16 bits per heavy atom. The molecule has 1 saturated carbocycles. The Balaban J connectivity index is 0.00000225. The van der Waals surface area contributed by atoms with Crippen molar-refractivity contribution in [3.8, 4) is 5.75 Å². The number of nitrogens with zero attached hydrogens (tertiary/aromatic N) is 2. The smallest absolute Gasteiger partial charge is 0.312 e. The zero-order chi connectivity index (χ0) is 17.3. The monoisotopic (exact) mass is 389 g/mol. The van der Waals surface area contributed by atoms with Gasteiger partial charge in [0.1, 0.15) is 0 Å². The number of nitrogens with two attached hydrogens (primary N) is 1. The molecular weight excluding hydrogens is 369 g/mol. The van der Waals surface area contributed by atoms with E-state index < -0.39 is 4.92 Å². The van der Waals surface area contributed by atoms with Crippen molar-refractivity contribution in [1.29, 1.82) is 0 Å². The van der Waals surface area contributed by atoms with E-state index in [1.807, 2.05) is 4.90 Å². The van der Waals surface area contributed by atoms with E-state index in [9.17, 15) is 14.9 Å². The molecule has 1 aliphatic carbocycles. The lowest BCUT2D eigenvalue weighted by Crippen LogP contribution is -2.34. The van der Waals surface area contributed by atoms with Gasteiger partial charge in [-0.1, -0.05) is 11.6 Å². The van der Waals surface area contributed by atoms with Crippen LogP contribution in [0.15, 0.2) is 18.2 Å². The predicted molar refractivity (Wildman–Crippen MR) is 96.2 cm³/mol. The SMILES string of the molecule is Cl.NC1CCC2CN(C(=O)CCOc3ccc(Cl)cc3[N+](=O)[O-])CC12. The van der Waals surface area contributed by atoms with Crippen LogP contribution in [0.3, 0.4) is 0 Å². The standard InChI is InChI=1S/C16H20ClN3O4.ClH/c17-11-2-4-15(14(7-11)20(22)23)24-6-5-16(21)19-8-10-1-3-13(18)12(10)9-19;/h2,4,7,10,12-13H,1,3,5-6,8-9,18H2;1H. The van der Waals surface area contributed by atoms with Crippen molar-refractivity contribution in [3.63, 3.8) is 0 Å². The van der Waals surface area contributed by atoms with Crippen molar-refractivity contribution in [2.24, 2.45) is 17.6 Å². The van der Waals surface area contributed by atoms with E-state index in [-0.39, 0.29) is 53.8 Å². The van der Waals surface area contributed by atoms with E-state index in [0.717, 1.165) is 19.4 Å². The summed E-state index contributed by atoms with van der Waals surface area (Å²) in [4.78, 5) is 24.6. The molecule has 1 aliphatic heterocycles. The molecule has 0 spiro atoms. The first-order valence-electron chi connectivity index (χ1n) is 8.06. The highest BCUT2D eigenvalue weighted by molar-refractivity contribution is 6.30. The number of carbonyl (C=O) groups is 1. The summed E-state index contributed by atoms with van der Waals surface area (Å²) in [5, 5.41) is 11.3. The number of rotatable bonds is 5. The topological polar surface area (TPSA) is 98.7 Å². The van der Waals surface area contributed by atoms with E-state index in [1.165, 1.54) is 18.2 Å². The molecule has 25 heavy (non-hydrogen) atoms. The molecule has 7 nitrogen and oxygen atoms in total. The van der Waals surface area contributed by atoms with Crippen LogP contribution in [0.4, 0.5) is 5.69 Å². The van der Waals surface area contributed by atoms with Gasteiger partial charge < -0.3 is 15.4 Å². The fourth-order valence-electron chi connectivity index (χ4n) is 3.67. The van der Waals surface area contributed by atoms with Crippen LogP contribution in [0.2, 0.25) is 5.02 Å². The average molecular weight is 390 g/mol. The lowest BCUT2D eigenvalue weighted by molar-refractivity contribution is -0.385. The number of amides is 1. The Morgan fingerprint density at radius 3 is 2.84 bits per heavy atom. The molecule has 138 valence electrons. The maximum atomic E-state index is 12.3. The van der Waals surface area contributed by atoms with E-state index in [0.29, 0.717) is 18.4 Å². The van der Waals surface area contributed by atoms with E-state index in [4.69, 9.17) is 22.1 Å². The van der Waals surface area contributed by atoms with Gasteiger partial charge in [0.25, 0.3) is 0 Å². The Labute approximate surface area is 157 Å². The van der Waals surface area contributed by atoms with Gasteiger partial charge in [-0.05, 0) is 36.8 Å². The molecule has 1 aromatic rings. The highest BCUT2D eigenvalue weighted by atomic mass is 35.5. The van der Waals surface area contributed by atoms with Crippen molar-refractivity contribution >= 4 is 35.6 Å². The quantitative estimate of drug-likeness (QED) is 0.616. The number of carbonyl (C=O) groups excluding carboxylic acids is 1. The van der Waals surface area contributed by atoms with Crippen LogP contribution in [0, 0.1) is 22.0 Å². The lowest BCUT2D eigenvalue weighted by Gasteiger charge is -2.18. The van der Waals surface area contributed by atoms with Gasteiger partial charge in [0, 0.05) is 30.2 Å². The molecule has 1 saturated heterocycles. The second-order valence-corrected chi connectivity index (χ2v) is 6.87. The molecule has 2 N–H and O–H groups in total. The van der Waals surface area contributed by atoms with Crippen LogP contribution in [-0.2, 0) is 4.79 Å². The van der Waals surface area contributed by atoms with E-state index in [2.05, 4.69) is 0 Å². The molecule has 1 aromatic carbocycles. The number of nitro benzene ring substituents is 1. The van der Waals surface area contributed by atoms with Crippen LogP contribution < -0.4 is 10.5 Å². The molecule has 2 aliphatic rings. The van der Waals surface area contributed by atoms with Crippen molar-refractivity contribution in [3.05, 3.63) is 33.3 Å². The molecule has 9 heteroatoms. The highest BCUT2D eigenvalue weighted by Crippen LogP contribution is 2.37. The fraction of sp³-hybridized carbons (Fsp3) is 0.562. The van der Waals surface area contributed by atoms with Gasteiger partial charge in [-0.15, -0.1) is 12.4 Å². The minimum atomic E-state index is -0.550. The molecule has 2 fully saturated rings. The zero-order valence-corrected chi connectivity index (χ0v) is 15.2. The number of halogens is 2. The summed E-state index contributed by atoms with van der Waals surface area (Å²) in [6.45, 7) is 1.57. The molecule has 3 rings (SSSR count). The van der Waals surface area contributed by atoms with Crippen LogP contribution in [-0.4, -0.2) is 41.5 Å². The molecule has 0 bridgehead atoms. The van der Waals surface area contributed by atoms with Gasteiger partial charge >= 0.3 is 5.69 Å². The third kappa shape index (κ3) is 4.34. The number of hydrogen-bond donors (Lipinski definition) is 1. The first kappa shape index (κ1) is 19.8. The van der Waals surface area contributed by atoms with E-state index >= 15 is 0 Å². The number of nitro groups is 1. The Bertz CT molecular complexity index is 658. The Hall–Kier alpha value is -1.57.